The Morgan fingerprint density at radius 1 is 1.47 bits per heavy atom. The van der Waals surface area contributed by atoms with Crippen molar-refractivity contribution in [1.29, 1.82) is 0 Å². The number of hydrogen-bond donors (Lipinski definition) is 0. The fourth-order valence-corrected chi connectivity index (χ4v) is 1.96. The third-order valence-electron chi connectivity index (χ3n) is 1.64. The van der Waals surface area contributed by atoms with E-state index >= 15 is 0 Å². The lowest BCUT2D eigenvalue weighted by molar-refractivity contribution is 0.00745. The highest BCUT2D eigenvalue weighted by molar-refractivity contribution is 7.15. The van der Waals surface area contributed by atoms with Gasteiger partial charge in [0.15, 0.2) is 6.29 Å². The van der Waals surface area contributed by atoms with Gasteiger partial charge in [0, 0.05) is 0 Å². The number of carbonyl (C=O) groups is 2. The Morgan fingerprint density at radius 2 is 2.07 bits per heavy atom. The predicted octanol–water partition coefficient (Wildman–Crippen LogP) is 2.82. The molecule has 0 aliphatic carbocycles. The van der Waals surface area contributed by atoms with Crippen LogP contribution in [0.25, 0.3) is 0 Å². The molecule has 0 aromatic carbocycles. The van der Waals surface area contributed by atoms with Crippen molar-refractivity contribution < 1.29 is 14.3 Å². The van der Waals surface area contributed by atoms with Crippen molar-refractivity contribution in [3.05, 3.63) is 21.4 Å². The maximum Gasteiger partial charge on any atom is 0.349 e. The Labute approximate surface area is 93.1 Å². The summed E-state index contributed by atoms with van der Waals surface area (Å²) in [6.45, 7) is 7.24. The molecule has 0 saturated heterocycles. The van der Waals surface area contributed by atoms with Crippen LogP contribution in [0.3, 0.4) is 0 Å². The smallest absolute Gasteiger partial charge is 0.349 e. The number of aldehydes is 1. The molecular weight excluding hydrogens is 212 g/mol. The Bertz CT molecular complexity index is 385. The molecule has 0 bridgehead atoms. The van der Waals surface area contributed by atoms with Crippen molar-refractivity contribution in [2.24, 2.45) is 0 Å². The van der Waals surface area contributed by atoms with Gasteiger partial charge in [-0.15, -0.1) is 11.3 Å². The summed E-state index contributed by atoms with van der Waals surface area (Å²) in [7, 11) is 0. The van der Waals surface area contributed by atoms with Gasteiger partial charge in [-0.25, -0.2) is 4.79 Å². The summed E-state index contributed by atoms with van der Waals surface area (Å²) in [5, 5.41) is 0. The average molecular weight is 226 g/mol. The molecular formula is C11H14O3S. The quantitative estimate of drug-likeness (QED) is 0.575. The van der Waals surface area contributed by atoms with Gasteiger partial charge in [0.05, 0.1) is 4.88 Å². The van der Waals surface area contributed by atoms with Crippen LogP contribution in [0.5, 0.6) is 0 Å². The van der Waals surface area contributed by atoms with E-state index < -0.39 is 5.60 Å². The van der Waals surface area contributed by atoms with Gasteiger partial charge in [0.25, 0.3) is 0 Å². The van der Waals surface area contributed by atoms with Crippen molar-refractivity contribution in [1.82, 2.24) is 0 Å². The third-order valence-corrected chi connectivity index (χ3v) is 2.78. The number of aryl methyl sites for hydroxylation is 1. The van der Waals surface area contributed by atoms with Crippen LogP contribution in [0.1, 0.15) is 45.7 Å². The van der Waals surface area contributed by atoms with E-state index in [4.69, 9.17) is 4.74 Å². The van der Waals surface area contributed by atoms with Crippen LogP contribution in [-0.2, 0) is 4.74 Å². The van der Waals surface area contributed by atoms with Gasteiger partial charge in [-0.1, -0.05) is 0 Å². The van der Waals surface area contributed by atoms with Crippen LogP contribution in [0, 0.1) is 6.92 Å². The van der Waals surface area contributed by atoms with E-state index in [9.17, 15) is 9.59 Å². The Kier molecular flexibility index (Phi) is 3.29. The largest absolute Gasteiger partial charge is 0.456 e. The first-order chi connectivity index (χ1) is 6.83. The molecule has 0 radical (unpaired) electrons. The summed E-state index contributed by atoms with van der Waals surface area (Å²) in [6.07, 6.45) is 0.742. The highest BCUT2D eigenvalue weighted by Crippen LogP contribution is 2.23. The van der Waals surface area contributed by atoms with Crippen molar-refractivity contribution >= 4 is 23.6 Å². The van der Waals surface area contributed by atoms with Crippen molar-refractivity contribution in [3.8, 4) is 0 Å². The molecule has 82 valence electrons. The van der Waals surface area contributed by atoms with Gasteiger partial charge in [0.2, 0.25) is 0 Å². The zero-order valence-corrected chi connectivity index (χ0v) is 10.1. The summed E-state index contributed by atoms with van der Waals surface area (Å²) < 4.78 is 5.22. The Hall–Kier alpha value is -1.16. The number of hydrogen-bond acceptors (Lipinski definition) is 4. The van der Waals surface area contributed by atoms with Gasteiger partial charge in [-0.2, -0.15) is 0 Å². The minimum absolute atomic E-state index is 0.363. The molecule has 1 aromatic rings. The Morgan fingerprint density at radius 3 is 2.47 bits per heavy atom. The standard InChI is InChI=1S/C11H14O3S/c1-7-5-8(6-12)15-9(7)10(13)14-11(2,3)4/h5-6H,1-4H3. The summed E-state index contributed by atoms with van der Waals surface area (Å²) >= 11 is 1.17. The summed E-state index contributed by atoms with van der Waals surface area (Å²) in [4.78, 5) is 23.3. The molecule has 3 nitrogen and oxygen atoms in total. The fourth-order valence-electron chi connectivity index (χ4n) is 1.09. The molecule has 1 heterocycles. The second-order valence-electron chi connectivity index (χ2n) is 4.28. The van der Waals surface area contributed by atoms with Crippen molar-refractivity contribution in [2.75, 3.05) is 0 Å². The SMILES string of the molecule is Cc1cc(C=O)sc1C(=O)OC(C)(C)C. The van der Waals surface area contributed by atoms with E-state index in [1.54, 1.807) is 13.0 Å². The van der Waals surface area contributed by atoms with Gasteiger partial charge >= 0.3 is 5.97 Å². The predicted molar refractivity (Wildman–Crippen MR) is 59.6 cm³/mol. The monoisotopic (exact) mass is 226 g/mol. The lowest BCUT2D eigenvalue weighted by Crippen LogP contribution is -2.23. The minimum Gasteiger partial charge on any atom is -0.456 e. The van der Waals surface area contributed by atoms with Crippen LogP contribution in [-0.4, -0.2) is 17.9 Å². The van der Waals surface area contributed by atoms with Crippen LogP contribution in [0.4, 0.5) is 0 Å². The molecule has 0 aliphatic rings. The number of rotatable bonds is 2. The molecule has 0 spiro atoms. The normalized spacial score (nSPS) is 11.2. The van der Waals surface area contributed by atoms with E-state index in [0.717, 1.165) is 11.8 Å². The Balaban J connectivity index is 2.91. The molecule has 0 N–H and O–H groups in total. The minimum atomic E-state index is -0.505. The van der Waals surface area contributed by atoms with Crippen LogP contribution >= 0.6 is 11.3 Å². The van der Waals surface area contributed by atoms with E-state index in [-0.39, 0.29) is 5.97 Å². The average Bonchev–Trinajstić information content (AvgIpc) is 2.43. The van der Waals surface area contributed by atoms with Crippen LogP contribution in [0.15, 0.2) is 6.07 Å². The van der Waals surface area contributed by atoms with Gasteiger partial charge in [-0.05, 0) is 39.3 Å². The first-order valence-corrected chi connectivity index (χ1v) is 5.44. The van der Waals surface area contributed by atoms with Crippen molar-refractivity contribution in [3.63, 3.8) is 0 Å². The van der Waals surface area contributed by atoms with E-state index in [1.807, 2.05) is 20.8 Å². The number of esters is 1. The van der Waals surface area contributed by atoms with E-state index in [1.165, 1.54) is 11.3 Å². The van der Waals surface area contributed by atoms with E-state index in [2.05, 4.69) is 0 Å². The lowest BCUT2D eigenvalue weighted by Gasteiger charge is -2.19. The molecule has 15 heavy (non-hydrogen) atoms. The molecule has 0 unspecified atom stereocenters. The third kappa shape index (κ3) is 3.16. The summed E-state index contributed by atoms with van der Waals surface area (Å²) in [5.74, 6) is -0.363. The zero-order valence-electron chi connectivity index (χ0n) is 9.29. The molecule has 0 saturated carbocycles. The molecule has 1 aromatic heterocycles. The number of ether oxygens (including phenoxy) is 1. The zero-order chi connectivity index (χ0) is 11.6. The molecule has 0 fully saturated rings. The van der Waals surface area contributed by atoms with Gasteiger partial charge in [-0.3, -0.25) is 4.79 Å². The second-order valence-corrected chi connectivity index (χ2v) is 5.36. The summed E-state index contributed by atoms with van der Waals surface area (Å²) in [6, 6.07) is 1.69. The maximum atomic E-state index is 11.7. The maximum absolute atomic E-state index is 11.7. The van der Waals surface area contributed by atoms with Crippen LogP contribution in [0.2, 0.25) is 0 Å². The van der Waals surface area contributed by atoms with Crippen molar-refractivity contribution in [2.45, 2.75) is 33.3 Å². The molecule has 0 amide bonds. The molecule has 1 rings (SSSR count). The summed E-state index contributed by atoms with van der Waals surface area (Å²) in [5.41, 5.74) is 0.283. The first kappa shape index (κ1) is 11.9. The molecule has 4 heteroatoms. The van der Waals surface area contributed by atoms with Crippen LogP contribution < -0.4 is 0 Å². The molecule has 0 aliphatic heterocycles. The van der Waals surface area contributed by atoms with Gasteiger partial charge in [0.1, 0.15) is 10.5 Å². The van der Waals surface area contributed by atoms with Gasteiger partial charge < -0.3 is 4.74 Å². The number of thiophene rings is 1. The highest BCUT2D eigenvalue weighted by atomic mass is 32.1. The topological polar surface area (TPSA) is 43.4 Å². The fraction of sp³-hybridized carbons (Fsp3) is 0.455. The molecule has 0 atom stereocenters. The first-order valence-electron chi connectivity index (χ1n) is 4.62. The lowest BCUT2D eigenvalue weighted by atomic mass is 10.2. The second kappa shape index (κ2) is 4.14. The number of carbonyl (C=O) groups excluding carboxylic acids is 2. The van der Waals surface area contributed by atoms with E-state index in [0.29, 0.717) is 9.75 Å². The highest BCUT2D eigenvalue weighted by Gasteiger charge is 2.21.